The molecule has 0 spiro atoms. The minimum absolute atomic E-state index is 0.113. The molecule has 122 valence electrons. The average Bonchev–Trinajstić information content (AvgIpc) is 3.09. The molecule has 1 N–H and O–H groups in total. The van der Waals surface area contributed by atoms with Crippen LogP contribution < -0.4 is 10.2 Å². The van der Waals surface area contributed by atoms with Gasteiger partial charge in [0.2, 0.25) is 5.91 Å². The van der Waals surface area contributed by atoms with Crippen LogP contribution in [0, 0.1) is 5.82 Å². The van der Waals surface area contributed by atoms with E-state index in [4.69, 9.17) is 0 Å². The van der Waals surface area contributed by atoms with Crippen molar-refractivity contribution in [2.45, 2.75) is 13.0 Å². The number of hydrogen-bond donors (Lipinski definition) is 1. The second-order valence-electron chi connectivity index (χ2n) is 5.51. The van der Waals surface area contributed by atoms with Crippen LogP contribution in [0.15, 0.2) is 35.8 Å². The van der Waals surface area contributed by atoms with Crippen LogP contribution >= 0.6 is 11.3 Å². The first kappa shape index (κ1) is 15.9. The summed E-state index contributed by atoms with van der Waals surface area (Å²) in [5.74, 6) is -0.467. The first-order valence-electron chi connectivity index (χ1n) is 7.58. The molecule has 1 aliphatic rings. The topological polar surface area (TPSA) is 48.5 Å². The van der Waals surface area contributed by atoms with Crippen LogP contribution in [0.5, 0.6) is 0 Å². The molecule has 1 fully saturated rings. The SMILES string of the molecule is C[C@H](C(=O)Nc1cccc(F)c1)N1CCN(c2nccs2)CC1. The molecule has 5 nitrogen and oxygen atoms in total. The number of carbonyl (C=O) groups excluding carboxylic acids is 1. The molecule has 7 heteroatoms. The number of aromatic nitrogens is 1. The van der Waals surface area contributed by atoms with Crippen molar-refractivity contribution < 1.29 is 9.18 Å². The zero-order chi connectivity index (χ0) is 16.2. The molecule has 0 aliphatic carbocycles. The number of carbonyl (C=O) groups is 1. The predicted molar refractivity (Wildman–Crippen MR) is 90.4 cm³/mol. The summed E-state index contributed by atoms with van der Waals surface area (Å²) in [6.07, 6.45) is 1.81. The molecular formula is C16H19FN4OS. The number of hydrogen-bond acceptors (Lipinski definition) is 5. The Morgan fingerprint density at radius 3 is 2.78 bits per heavy atom. The van der Waals surface area contributed by atoms with Gasteiger partial charge in [0, 0.05) is 43.4 Å². The van der Waals surface area contributed by atoms with Gasteiger partial charge in [-0.3, -0.25) is 9.69 Å². The predicted octanol–water partition coefficient (Wildman–Crippen LogP) is 2.43. The molecule has 0 unspecified atom stereocenters. The third-order valence-corrected chi connectivity index (χ3v) is 4.86. The van der Waals surface area contributed by atoms with Crippen molar-refractivity contribution in [2.24, 2.45) is 0 Å². The highest BCUT2D eigenvalue weighted by molar-refractivity contribution is 7.13. The zero-order valence-corrected chi connectivity index (χ0v) is 13.7. The summed E-state index contributed by atoms with van der Waals surface area (Å²) in [7, 11) is 0. The second-order valence-corrected chi connectivity index (χ2v) is 6.39. The van der Waals surface area contributed by atoms with Crippen LogP contribution in [0.2, 0.25) is 0 Å². The molecule has 2 aromatic rings. The Kier molecular flexibility index (Phi) is 4.88. The summed E-state index contributed by atoms with van der Waals surface area (Å²) in [5, 5.41) is 5.77. The zero-order valence-electron chi connectivity index (χ0n) is 12.9. The van der Waals surface area contributed by atoms with E-state index in [2.05, 4.69) is 20.1 Å². The van der Waals surface area contributed by atoms with Gasteiger partial charge in [-0.1, -0.05) is 6.07 Å². The van der Waals surface area contributed by atoms with Gasteiger partial charge in [-0.2, -0.15) is 0 Å². The molecule has 2 heterocycles. The molecule has 1 aromatic heterocycles. The normalized spacial score (nSPS) is 17.0. The van der Waals surface area contributed by atoms with E-state index in [1.165, 1.54) is 12.1 Å². The monoisotopic (exact) mass is 334 g/mol. The van der Waals surface area contributed by atoms with E-state index in [1.54, 1.807) is 29.7 Å². The quantitative estimate of drug-likeness (QED) is 0.933. The lowest BCUT2D eigenvalue weighted by atomic mass is 10.2. The number of nitrogens with zero attached hydrogens (tertiary/aromatic N) is 3. The van der Waals surface area contributed by atoms with Gasteiger partial charge in [0.05, 0.1) is 6.04 Å². The molecule has 0 bridgehead atoms. The van der Waals surface area contributed by atoms with Crippen LogP contribution in [0.1, 0.15) is 6.92 Å². The van der Waals surface area contributed by atoms with Crippen LogP contribution in [-0.4, -0.2) is 48.0 Å². The molecule has 23 heavy (non-hydrogen) atoms. The van der Waals surface area contributed by atoms with Crippen LogP contribution in [-0.2, 0) is 4.79 Å². The fraction of sp³-hybridized carbons (Fsp3) is 0.375. The standard InChI is InChI=1S/C16H19FN4OS/c1-12(15(22)19-14-4-2-3-13(17)11-14)20-6-8-21(9-7-20)16-18-5-10-23-16/h2-5,10-12H,6-9H2,1H3,(H,19,22)/t12-/m1/s1. The molecule has 1 aliphatic heterocycles. The number of anilines is 2. The maximum atomic E-state index is 13.2. The number of amides is 1. The van der Waals surface area contributed by atoms with E-state index in [0.717, 1.165) is 31.3 Å². The number of thiazole rings is 1. The van der Waals surface area contributed by atoms with E-state index in [0.29, 0.717) is 5.69 Å². The molecule has 0 saturated carbocycles. The minimum Gasteiger partial charge on any atom is -0.346 e. The van der Waals surface area contributed by atoms with E-state index in [1.807, 2.05) is 12.3 Å². The summed E-state index contributed by atoms with van der Waals surface area (Å²) in [4.78, 5) is 21.0. The van der Waals surface area contributed by atoms with Gasteiger partial charge in [-0.15, -0.1) is 11.3 Å². The van der Waals surface area contributed by atoms with E-state index < -0.39 is 0 Å². The average molecular weight is 334 g/mol. The number of rotatable bonds is 4. The minimum atomic E-state index is -0.354. The molecule has 1 amide bonds. The van der Waals surface area contributed by atoms with Gasteiger partial charge < -0.3 is 10.2 Å². The van der Waals surface area contributed by atoms with Crippen molar-refractivity contribution in [3.05, 3.63) is 41.7 Å². The summed E-state index contributed by atoms with van der Waals surface area (Å²) >= 11 is 1.63. The number of piperazine rings is 1. The fourth-order valence-electron chi connectivity index (χ4n) is 2.65. The molecule has 1 atom stereocenters. The van der Waals surface area contributed by atoms with E-state index in [9.17, 15) is 9.18 Å². The molecule has 0 radical (unpaired) electrons. The Balaban J connectivity index is 1.54. The fourth-order valence-corrected chi connectivity index (χ4v) is 3.35. The number of benzene rings is 1. The van der Waals surface area contributed by atoms with E-state index >= 15 is 0 Å². The molecule has 1 aromatic carbocycles. The van der Waals surface area contributed by atoms with E-state index in [-0.39, 0.29) is 17.8 Å². The van der Waals surface area contributed by atoms with Gasteiger partial charge >= 0.3 is 0 Å². The van der Waals surface area contributed by atoms with Crippen LogP contribution in [0.25, 0.3) is 0 Å². The van der Waals surface area contributed by atoms with Crippen molar-refractivity contribution in [2.75, 3.05) is 36.4 Å². The largest absolute Gasteiger partial charge is 0.346 e. The first-order chi connectivity index (χ1) is 11.1. The lowest BCUT2D eigenvalue weighted by Crippen LogP contribution is -2.52. The highest BCUT2D eigenvalue weighted by Gasteiger charge is 2.26. The van der Waals surface area contributed by atoms with Crippen molar-refractivity contribution in [1.82, 2.24) is 9.88 Å². The Bertz CT molecular complexity index is 656. The Morgan fingerprint density at radius 1 is 1.35 bits per heavy atom. The van der Waals surface area contributed by atoms with Gasteiger partial charge in [0.25, 0.3) is 0 Å². The maximum absolute atomic E-state index is 13.2. The Morgan fingerprint density at radius 2 is 2.13 bits per heavy atom. The Hall–Kier alpha value is -1.99. The molecular weight excluding hydrogens is 315 g/mol. The Labute approximate surface area is 138 Å². The van der Waals surface area contributed by atoms with Gasteiger partial charge in [-0.25, -0.2) is 9.37 Å². The van der Waals surface area contributed by atoms with Gasteiger partial charge in [0.1, 0.15) is 5.82 Å². The summed E-state index contributed by atoms with van der Waals surface area (Å²) in [6, 6.07) is 5.70. The third-order valence-electron chi connectivity index (χ3n) is 4.02. The first-order valence-corrected chi connectivity index (χ1v) is 8.46. The summed E-state index contributed by atoms with van der Waals surface area (Å²) in [5.41, 5.74) is 0.489. The highest BCUT2D eigenvalue weighted by atomic mass is 32.1. The third kappa shape index (κ3) is 3.86. The van der Waals surface area contributed by atoms with Crippen molar-refractivity contribution in [3.8, 4) is 0 Å². The smallest absolute Gasteiger partial charge is 0.241 e. The molecule has 1 saturated heterocycles. The molecule has 3 rings (SSSR count). The van der Waals surface area contributed by atoms with Crippen molar-refractivity contribution in [3.63, 3.8) is 0 Å². The second kappa shape index (κ2) is 7.06. The lowest BCUT2D eigenvalue weighted by Gasteiger charge is -2.37. The highest BCUT2D eigenvalue weighted by Crippen LogP contribution is 2.20. The van der Waals surface area contributed by atoms with Crippen LogP contribution in [0.4, 0.5) is 15.2 Å². The van der Waals surface area contributed by atoms with Gasteiger partial charge in [0.15, 0.2) is 5.13 Å². The van der Waals surface area contributed by atoms with Crippen LogP contribution in [0.3, 0.4) is 0 Å². The van der Waals surface area contributed by atoms with Crippen molar-refractivity contribution >= 4 is 28.1 Å². The lowest BCUT2D eigenvalue weighted by molar-refractivity contribution is -0.120. The summed E-state index contributed by atoms with van der Waals surface area (Å²) < 4.78 is 13.2. The van der Waals surface area contributed by atoms with Crippen molar-refractivity contribution in [1.29, 1.82) is 0 Å². The van der Waals surface area contributed by atoms with Gasteiger partial charge in [-0.05, 0) is 25.1 Å². The summed E-state index contributed by atoms with van der Waals surface area (Å²) in [6.45, 7) is 5.19. The number of halogens is 1. The maximum Gasteiger partial charge on any atom is 0.241 e. The number of nitrogens with one attached hydrogen (secondary N) is 1.